The third-order valence-electron chi connectivity index (χ3n) is 3.93. The fraction of sp³-hybridized carbons (Fsp3) is 0.250. The molecule has 0 radical (unpaired) electrons. The van der Waals surface area contributed by atoms with Crippen LogP contribution < -0.4 is 14.8 Å². The van der Waals surface area contributed by atoms with Crippen LogP contribution in [0.3, 0.4) is 0 Å². The van der Waals surface area contributed by atoms with Crippen LogP contribution in [0.15, 0.2) is 36.4 Å². The van der Waals surface area contributed by atoms with E-state index in [2.05, 4.69) is 5.32 Å². The molecule has 0 fully saturated rings. The molecule has 0 aliphatic carbocycles. The van der Waals surface area contributed by atoms with E-state index in [1.807, 2.05) is 6.07 Å². The number of esters is 1. The van der Waals surface area contributed by atoms with E-state index in [0.29, 0.717) is 11.3 Å². The fourth-order valence-electron chi connectivity index (χ4n) is 2.44. The van der Waals surface area contributed by atoms with Crippen LogP contribution in [0, 0.1) is 21.4 Å². The minimum absolute atomic E-state index is 0.106. The average Bonchev–Trinajstić information content (AvgIpc) is 2.73. The molecule has 0 aliphatic rings. The molecule has 2 aromatic carbocycles. The summed E-state index contributed by atoms with van der Waals surface area (Å²) in [5, 5.41) is 22.7. The van der Waals surface area contributed by atoms with Gasteiger partial charge in [0.05, 0.1) is 36.3 Å². The van der Waals surface area contributed by atoms with Crippen LogP contribution in [0.2, 0.25) is 0 Å². The lowest BCUT2D eigenvalue weighted by atomic mass is 10.1. The SMILES string of the molecule is CCOc1cc([N+](=O)[O-])c(C(=O)O[C@H](C)C(=O)Nc2ccc(C#N)cc2)cc1OC. The summed E-state index contributed by atoms with van der Waals surface area (Å²) in [5.74, 6) is -1.49. The lowest BCUT2D eigenvalue weighted by molar-refractivity contribution is -0.385. The number of nitro groups is 1. The van der Waals surface area contributed by atoms with Gasteiger partial charge in [0.1, 0.15) is 5.56 Å². The van der Waals surface area contributed by atoms with Crippen molar-refractivity contribution in [2.45, 2.75) is 20.0 Å². The lowest BCUT2D eigenvalue weighted by Crippen LogP contribution is -2.30. The number of anilines is 1. The maximum atomic E-state index is 12.5. The maximum Gasteiger partial charge on any atom is 0.346 e. The van der Waals surface area contributed by atoms with E-state index >= 15 is 0 Å². The van der Waals surface area contributed by atoms with Crippen molar-refractivity contribution < 1.29 is 28.7 Å². The highest BCUT2D eigenvalue weighted by molar-refractivity contribution is 5.99. The molecule has 0 saturated heterocycles. The van der Waals surface area contributed by atoms with Crippen molar-refractivity contribution in [3.63, 3.8) is 0 Å². The van der Waals surface area contributed by atoms with Crippen molar-refractivity contribution in [1.82, 2.24) is 0 Å². The predicted molar refractivity (Wildman–Crippen MR) is 105 cm³/mol. The number of rotatable bonds is 8. The number of nitro benzene ring substituents is 1. The molecule has 2 aromatic rings. The van der Waals surface area contributed by atoms with Crippen molar-refractivity contribution in [3.05, 3.63) is 57.6 Å². The number of nitriles is 1. The van der Waals surface area contributed by atoms with Crippen LogP contribution in [-0.2, 0) is 9.53 Å². The van der Waals surface area contributed by atoms with Crippen molar-refractivity contribution in [3.8, 4) is 17.6 Å². The Hall–Kier alpha value is -4.13. The fourth-order valence-corrected chi connectivity index (χ4v) is 2.44. The number of ether oxygens (including phenoxy) is 3. The molecule has 0 heterocycles. The van der Waals surface area contributed by atoms with Crippen molar-refractivity contribution >= 4 is 23.3 Å². The smallest absolute Gasteiger partial charge is 0.346 e. The summed E-state index contributed by atoms with van der Waals surface area (Å²) in [6.45, 7) is 3.26. The number of carbonyl (C=O) groups is 2. The summed E-state index contributed by atoms with van der Waals surface area (Å²) in [7, 11) is 1.33. The number of hydrogen-bond acceptors (Lipinski definition) is 8. The van der Waals surface area contributed by atoms with E-state index in [0.717, 1.165) is 12.1 Å². The first-order valence-corrected chi connectivity index (χ1v) is 8.81. The molecule has 0 aliphatic heterocycles. The normalized spacial score (nSPS) is 11.0. The summed E-state index contributed by atoms with van der Waals surface area (Å²) in [5.41, 5.74) is -0.0953. The van der Waals surface area contributed by atoms with Gasteiger partial charge in [0, 0.05) is 11.8 Å². The zero-order valence-corrected chi connectivity index (χ0v) is 16.5. The third kappa shape index (κ3) is 5.23. The first-order chi connectivity index (χ1) is 14.3. The first-order valence-electron chi connectivity index (χ1n) is 8.81. The highest BCUT2D eigenvalue weighted by Gasteiger charge is 2.28. The first kappa shape index (κ1) is 22.2. The van der Waals surface area contributed by atoms with E-state index in [1.54, 1.807) is 6.92 Å². The van der Waals surface area contributed by atoms with Gasteiger partial charge in [0.15, 0.2) is 17.6 Å². The molecule has 0 spiro atoms. The largest absolute Gasteiger partial charge is 0.493 e. The molecule has 10 heteroatoms. The van der Waals surface area contributed by atoms with Gasteiger partial charge in [-0.2, -0.15) is 5.26 Å². The van der Waals surface area contributed by atoms with Crippen LogP contribution in [0.5, 0.6) is 11.5 Å². The Morgan fingerprint density at radius 2 is 1.90 bits per heavy atom. The van der Waals surface area contributed by atoms with Crippen molar-refractivity contribution in [2.24, 2.45) is 0 Å². The monoisotopic (exact) mass is 413 g/mol. The lowest BCUT2D eigenvalue weighted by Gasteiger charge is -2.15. The molecule has 0 aromatic heterocycles. The number of hydrogen-bond donors (Lipinski definition) is 1. The third-order valence-corrected chi connectivity index (χ3v) is 3.93. The van der Waals surface area contributed by atoms with Gasteiger partial charge in [-0.1, -0.05) is 0 Å². The van der Waals surface area contributed by atoms with Crippen molar-refractivity contribution in [2.75, 3.05) is 19.0 Å². The quantitative estimate of drug-likeness (QED) is 0.395. The Balaban J connectivity index is 2.19. The highest BCUT2D eigenvalue weighted by atomic mass is 16.6. The van der Waals surface area contributed by atoms with Crippen LogP contribution >= 0.6 is 0 Å². The van der Waals surface area contributed by atoms with E-state index < -0.39 is 28.6 Å². The topological polar surface area (TPSA) is 141 Å². The number of amides is 1. The Bertz CT molecular complexity index is 997. The summed E-state index contributed by atoms with van der Waals surface area (Å²) in [4.78, 5) is 35.4. The van der Waals surface area contributed by atoms with Crippen LogP contribution in [0.25, 0.3) is 0 Å². The Morgan fingerprint density at radius 1 is 1.23 bits per heavy atom. The van der Waals surface area contributed by atoms with Crippen LogP contribution in [0.4, 0.5) is 11.4 Å². The summed E-state index contributed by atoms with van der Waals surface area (Å²) in [6, 6.07) is 10.2. The van der Waals surface area contributed by atoms with E-state index in [-0.39, 0.29) is 23.7 Å². The molecular formula is C20H19N3O7. The van der Waals surface area contributed by atoms with Crippen molar-refractivity contribution in [1.29, 1.82) is 5.26 Å². The molecule has 156 valence electrons. The number of methoxy groups -OCH3 is 1. The Labute approximate surface area is 172 Å². The average molecular weight is 413 g/mol. The van der Waals surface area contributed by atoms with Gasteiger partial charge in [-0.25, -0.2) is 4.79 Å². The van der Waals surface area contributed by atoms with Crippen LogP contribution in [-0.4, -0.2) is 36.6 Å². The molecule has 0 saturated carbocycles. The van der Waals surface area contributed by atoms with Crippen LogP contribution in [0.1, 0.15) is 29.8 Å². The zero-order valence-electron chi connectivity index (χ0n) is 16.5. The molecule has 0 unspecified atom stereocenters. The van der Waals surface area contributed by atoms with Gasteiger partial charge >= 0.3 is 5.97 Å². The van der Waals surface area contributed by atoms with E-state index in [9.17, 15) is 19.7 Å². The maximum absolute atomic E-state index is 12.5. The second kappa shape index (κ2) is 9.88. The molecule has 10 nitrogen and oxygen atoms in total. The second-order valence-corrected chi connectivity index (χ2v) is 5.94. The van der Waals surface area contributed by atoms with Gasteiger partial charge < -0.3 is 19.5 Å². The Morgan fingerprint density at radius 3 is 2.43 bits per heavy atom. The van der Waals surface area contributed by atoms with Gasteiger partial charge in [-0.15, -0.1) is 0 Å². The number of nitrogens with zero attached hydrogens (tertiary/aromatic N) is 2. The number of nitrogens with one attached hydrogen (secondary N) is 1. The summed E-state index contributed by atoms with van der Waals surface area (Å²) >= 11 is 0. The molecule has 0 bridgehead atoms. The molecule has 1 amide bonds. The molecule has 1 atom stereocenters. The van der Waals surface area contributed by atoms with Gasteiger partial charge in [-0.3, -0.25) is 14.9 Å². The summed E-state index contributed by atoms with van der Waals surface area (Å²) in [6.07, 6.45) is -1.25. The predicted octanol–water partition coefficient (Wildman–Crippen LogP) is 3.06. The molecule has 2 rings (SSSR count). The second-order valence-electron chi connectivity index (χ2n) is 5.94. The molecule has 30 heavy (non-hydrogen) atoms. The van der Waals surface area contributed by atoms with Gasteiger partial charge in [0.25, 0.3) is 11.6 Å². The Kier molecular flexibility index (Phi) is 7.30. The number of carbonyl (C=O) groups excluding carboxylic acids is 2. The van der Waals surface area contributed by atoms with E-state index in [1.165, 1.54) is 38.3 Å². The van der Waals surface area contributed by atoms with Gasteiger partial charge in [0.2, 0.25) is 0 Å². The summed E-state index contributed by atoms with van der Waals surface area (Å²) < 4.78 is 15.5. The standard InChI is InChI=1S/C20H19N3O7/c1-4-29-18-10-16(23(26)27)15(9-17(18)28-3)20(25)30-12(2)19(24)22-14-7-5-13(11-21)6-8-14/h5-10,12H,4H2,1-3H3,(H,22,24)/t12-/m1/s1. The molecular weight excluding hydrogens is 394 g/mol. The zero-order chi connectivity index (χ0) is 22.3. The highest BCUT2D eigenvalue weighted by Crippen LogP contribution is 2.35. The number of benzene rings is 2. The van der Waals surface area contributed by atoms with E-state index in [4.69, 9.17) is 19.5 Å². The minimum atomic E-state index is -1.25. The molecule has 1 N–H and O–H groups in total. The van der Waals surface area contributed by atoms with Gasteiger partial charge in [-0.05, 0) is 38.1 Å². The minimum Gasteiger partial charge on any atom is -0.493 e.